The van der Waals surface area contributed by atoms with Crippen molar-refractivity contribution in [3.63, 3.8) is 0 Å². The molecule has 0 spiro atoms. The average molecular weight is 230 g/mol. The van der Waals surface area contributed by atoms with Crippen molar-refractivity contribution in [3.05, 3.63) is 42.0 Å². The third-order valence-electron chi connectivity index (χ3n) is 2.32. The van der Waals surface area contributed by atoms with Crippen LogP contribution in [0.2, 0.25) is 0 Å². The highest BCUT2D eigenvalue weighted by Gasteiger charge is 2.08. The number of primary amides is 1. The van der Waals surface area contributed by atoms with Gasteiger partial charge in [-0.2, -0.15) is 0 Å². The number of rotatable bonds is 1. The molecule has 86 valence electrons. The highest BCUT2D eigenvalue weighted by Crippen LogP contribution is 2.20. The molecule has 0 saturated carbocycles. The minimum atomic E-state index is -0.888. The van der Waals surface area contributed by atoms with Crippen LogP contribution in [-0.4, -0.2) is 17.0 Å². The first-order chi connectivity index (χ1) is 8.06. The van der Waals surface area contributed by atoms with Gasteiger partial charge in [0.2, 0.25) is 0 Å². The SMILES string of the molecule is NC(=O)NC(=O)c1ccc2cc(O)ccc2c1. The number of amides is 3. The summed E-state index contributed by atoms with van der Waals surface area (Å²) < 4.78 is 0. The van der Waals surface area contributed by atoms with E-state index < -0.39 is 11.9 Å². The van der Waals surface area contributed by atoms with Gasteiger partial charge in [-0.05, 0) is 35.0 Å². The van der Waals surface area contributed by atoms with Crippen LogP contribution in [0.1, 0.15) is 10.4 Å². The second-order valence-electron chi connectivity index (χ2n) is 3.56. The lowest BCUT2D eigenvalue weighted by Gasteiger charge is -2.03. The first-order valence-corrected chi connectivity index (χ1v) is 4.90. The van der Waals surface area contributed by atoms with Crippen LogP contribution >= 0.6 is 0 Å². The molecule has 0 radical (unpaired) electrons. The summed E-state index contributed by atoms with van der Waals surface area (Å²) in [5.74, 6) is -0.390. The van der Waals surface area contributed by atoms with Crippen molar-refractivity contribution in [2.24, 2.45) is 5.73 Å². The van der Waals surface area contributed by atoms with Gasteiger partial charge in [-0.25, -0.2) is 4.79 Å². The number of phenols is 1. The molecule has 2 aromatic rings. The number of phenolic OH excluding ortho intramolecular Hbond substituents is 1. The first kappa shape index (κ1) is 10.9. The molecule has 2 rings (SSSR count). The van der Waals surface area contributed by atoms with Crippen molar-refractivity contribution in [1.29, 1.82) is 0 Å². The normalized spacial score (nSPS) is 10.1. The van der Waals surface area contributed by atoms with Gasteiger partial charge in [0.1, 0.15) is 5.75 Å². The van der Waals surface area contributed by atoms with Gasteiger partial charge in [0.05, 0.1) is 0 Å². The van der Waals surface area contributed by atoms with Crippen LogP contribution in [0.4, 0.5) is 4.79 Å². The summed E-state index contributed by atoms with van der Waals surface area (Å²) in [5.41, 5.74) is 5.19. The van der Waals surface area contributed by atoms with Gasteiger partial charge in [0, 0.05) is 5.56 Å². The smallest absolute Gasteiger partial charge is 0.319 e. The largest absolute Gasteiger partial charge is 0.508 e. The predicted molar refractivity (Wildman–Crippen MR) is 62.7 cm³/mol. The standard InChI is InChI=1S/C12H10N2O3/c13-12(17)14-11(16)9-2-1-8-6-10(15)4-3-7(8)5-9/h1-6,15H,(H3,13,14,16,17). The Balaban J connectivity index is 2.41. The minimum absolute atomic E-state index is 0.159. The number of imide groups is 1. The molecule has 0 aliphatic heterocycles. The molecule has 0 fully saturated rings. The van der Waals surface area contributed by atoms with Crippen LogP contribution < -0.4 is 11.1 Å². The molecule has 3 amide bonds. The molecule has 5 nitrogen and oxygen atoms in total. The lowest BCUT2D eigenvalue weighted by molar-refractivity contribution is 0.0966. The van der Waals surface area contributed by atoms with Gasteiger partial charge in [-0.15, -0.1) is 0 Å². The Kier molecular flexibility index (Phi) is 2.66. The fourth-order valence-corrected chi connectivity index (χ4v) is 1.56. The second kappa shape index (κ2) is 4.13. The van der Waals surface area contributed by atoms with E-state index >= 15 is 0 Å². The van der Waals surface area contributed by atoms with Crippen LogP contribution in [0.5, 0.6) is 5.75 Å². The van der Waals surface area contributed by atoms with Gasteiger partial charge < -0.3 is 10.8 Å². The van der Waals surface area contributed by atoms with Gasteiger partial charge in [-0.3, -0.25) is 10.1 Å². The number of hydrogen-bond acceptors (Lipinski definition) is 3. The topological polar surface area (TPSA) is 92.4 Å². The highest BCUT2D eigenvalue weighted by molar-refractivity contribution is 6.05. The Hall–Kier alpha value is -2.56. The van der Waals surface area contributed by atoms with E-state index in [1.165, 1.54) is 6.07 Å². The predicted octanol–water partition coefficient (Wildman–Crippen LogP) is 1.35. The van der Waals surface area contributed by atoms with Crippen LogP contribution in [-0.2, 0) is 0 Å². The van der Waals surface area contributed by atoms with E-state index in [1.807, 2.05) is 5.32 Å². The maximum atomic E-state index is 11.5. The zero-order valence-corrected chi connectivity index (χ0v) is 8.81. The quantitative estimate of drug-likeness (QED) is 0.690. The monoisotopic (exact) mass is 230 g/mol. The number of carbonyl (C=O) groups is 2. The number of hydrogen-bond donors (Lipinski definition) is 3. The van der Waals surface area contributed by atoms with Crippen molar-refractivity contribution in [2.45, 2.75) is 0 Å². The highest BCUT2D eigenvalue weighted by atomic mass is 16.3. The molecular weight excluding hydrogens is 220 g/mol. The Labute approximate surface area is 96.8 Å². The van der Waals surface area contributed by atoms with E-state index in [-0.39, 0.29) is 5.75 Å². The van der Waals surface area contributed by atoms with Crippen LogP contribution in [0.3, 0.4) is 0 Å². The van der Waals surface area contributed by atoms with Crippen molar-refractivity contribution in [1.82, 2.24) is 5.32 Å². The summed E-state index contributed by atoms with van der Waals surface area (Å²) in [6.07, 6.45) is 0. The molecule has 4 N–H and O–H groups in total. The molecule has 17 heavy (non-hydrogen) atoms. The van der Waals surface area contributed by atoms with Crippen molar-refractivity contribution in [2.75, 3.05) is 0 Å². The van der Waals surface area contributed by atoms with E-state index in [0.29, 0.717) is 5.56 Å². The third kappa shape index (κ3) is 2.34. The Morgan fingerprint density at radius 3 is 2.41 bits per heavy atom. The molecule has 0 aliphatic carbocycles. The molecule has 0 saturated heterocycles. The summed E-state index contributed by atoms with van der Waals surface area (Å²) >= 11 is 0. The molecule has 0 atom stereocenters. The van der Waals surface area contributed by atoms with Gasteiger partial charge in [-0.1, -0.05) is 12.1 Å². The fraction of sp³-hybridized carbons (Fsp3) is 0. The Morgan fingerprint density at radius 1 is 1.06 bits per heavy atom. The van der Waals surface area contributed by atoms with E-state index in [1.54, 1.807) is 30.3 Å². The molecule has 0 aliphatic rings. The molecule has 5 heteroatoms. The lowest BCUT2D eigenvalue weighted by Crippen LogP contribution is -2.34. The molecule has 0 heterocycles. The summed E-state index contributed by atoms with van der Waals surface area (Å²) in [7, 11) is 0. The second-order valence-corrected chi connectivity index (χ2v) is 3.56. The Bertz CT molecular complexity index is 608. The van der Waals surface area contributed by atoms with E-state index in [9.17, 15) is 14.7 Å². The molecule has 0 aromatic heterocycles. The molecular formula is C12H10N2O3. The van der Waals surface area contributed by atoms with E-state index in [2.05, 4.69) is 0 Å². The molecule has 0 unspecified atom stereocenters. The van der Waals surface area contributed by atoms with Gasteiger partial charge in [0.15, 0.2) is 0 Å². The number of aromatic hydroxyl groups is 1. The lowest BCUT2D eigenvalue weighted by atomic mass is 10.1. The number of fused-ring (bicyclic) bond motifs is 1. The van der Waals surface area contributed by atoms with Crippen LogP contribution in [0, 0.1) is 0 Å². The summed E-state index contributed by atoms with van der Waals surface area (Å²) in [4.78, 5) is 22.1. The summed E-state index contributed by atoms with van der Waals surface area (Å²) in [6, 6.07) is 8.77. The van der Waals surface area contributed by atoms with Crippen molar-refractivity contribution >= 4 is 22.7 Å². The van der Waals surface area contributed by atoms with Crippen molar-refractivity contribution in [3.8, 4) is 5.75 Å². The zero-order chi connectivity index (χ0) is 12.4. The number of nitrogens with two attached hydrogens (primary N) is 1. The minimum Gasteiger partial charge on any atom is -0.508 e. The van der Waals surface area contributed by atoms with E-state index in [4.69, 9.17) is 5.73 Å². The maximum absolute atomic E-state index is 11.5. The summed E-state index contributed by atoms with van der Waals surface area (Å²) in [5, 5.41) is 12.9. The zero-order valence-electron chi connectivity index (χ0n) is 8.81. The average Bonchev–Trinajstić information content (AvgIpc) is 2.27. The third-order valence-corrected chi connectivity index (χ3v) is 2.32. The summed E-state index contributed by atoms with van der Waals surface area (Å²) in [6.45, 7) is 0. The van der Waals surface area contributed by atoms with Crippen LogP contribution in [0.25, 0.3) is 10.8 Å². The van der Waals surface area contributed by atoms with Gasteiger partial charge in [0.25, 0.3) is 5.91 Å². The molecule has 0 bridgehead atoms. The van der Waals surface area contributed by atoms with Gasteiger partial charge >= 0.3 is 6.03 Å². The number of urea groups is 1. The fourth-order valence-electron chi connectivity index (χ4n) is 1.56. The number of benzene rings is 2. The Morgan fingerprint density at radius 2 is 1.71 bits per heavy atom. The first-order valence-electron chi connectivity index (χ1n) is 4.90. The van der Waals surface area contributed by atoms with E-state index in [0.717, 1.165) is 10.8 Å². The van der Waals surface area contributed by atoms with Crippen molar-refractivity contribution < 1.29 is 14.7 Å². The van der Waals surface area contributed by atoms with Crippen LogP contribution in [0.15, 0.2) is 36.4 Å². The number of nitrogens with one attached hydrogen (secondary N) is 1. The molecule has 2 aromatic carbocycles. The maximum Gasteiger partial charge on any atom is 0.319 e. The number of carbonyl (C=O) groups excluding carboxylic acids is 2.